The van der Waals surface area contributed by atoms with Gasteiger partial charge in [0.25, 0.3) is 0 Å². The second-order valence-corrected chi connectivity index (χ2v) is 2.51. The van der Waals surface area contributed by atoms with E-state index in [1.54, 1.807) is 0 Å². The van der Waals surface area contributed by atoms with Crippen LogP contribution in [0, 0.1) is 6.92 Å². The van der Waals surface area contributed by atoms with Crippen molar-refractivity contribution in [3.8, 4) is 0 Å². The minimum absolute atomic E-state index is 0. The van der Waals surface area contributed by atoms with Crippen molar-refractivity contribution in [3.63, 3.8) is 0 Å². The molecule has 1 N–H and O–H groups in total. The predicted molar refractivity (Wildman–Crippen MR) is 45.1 cm³/mol. The highest BCUT2D eigenvalue weighted by atomic mass is 14.7. The maximum Gasteiger partial charge on any atom is 0.0456 e. The van der Waals surface area contributed by atoms with Crippen LogP contribution in [0.2, 0.25) is 0 Å². The quantitative estimate of drug-likeness (QED) is 0.568. The van der Waals surface area contributed by atoms with Crippen molar-refractivity contribution in [3.05, 3.63) is 36.0 Å². The van der Waals surface area contributed by atoms with Gasteiger partial charge in [-0.15, -0.1) is 0 Å². The fraction of sp³-hybridized carbons (Fsp3) is 0.111. The van der Waals surface area contributed by atoms with Crippen LogP contribution < -0.4 is 0 Å². The molecule has 0 spiro atoms. The highest BCUT2D eigenvalue weighted by molar-refractivity contribution is 5.82. The van der Waals surface area contributed by atoms with Gasteiger partial charge in [0, 0.05) is 18.5 Å². The molecule has 10 heavy (non-hydrogen) atoms. The molecule has 0 aliphatic carbocycles. The van der Waals surface area contributed by atoms with Crippen molar-refractivity contribution in [2.75, 3.05) is 0 Å². The molecule has 2 aromatic rings. The van der Waals surface area contributed by atoms with Crippen LogP contribution in [0.1, 0.15) is 6.99 Å². The first-order valence-electron chi connectivity index (χ1n) is 3.40. The number of aromatic nitrogens is 1. The van der Waals surface area contributed by atoms with Gasteiger partial charge in [-0.1, -0.05) is 12.1 Å². The molecule has 1 heterocycles. The minimum atomic E-state index is 0. The summed E-state index contributed by atoms with van der Waals surface area (Å²) in [6.07, 6.45) is 1.97. The number of H-pyrrole nitrogens is 1. The Balaban J connectivity index is 0.000000605. The molecular weight excluding hydrogens is 122 g/mol. The Morgan fingerprint density at radius 2 is 2.20 bits per heavy atom. The average Bonchev–Trinajstić information content (AvgIpc) is 2.36. The number of fused-ring (bicyclic) bond motifs is 1. The molecule has 2 rings (SSSR count). The second kappa shape index (κ2) is 1.87. The number of aromatic amines is 1. The first kappa shape index (κ1) is 5.54. The molecule has 0 unspecified atom stereocenters. The monoisotopic (exact) mass is 133 g/mol. The fourth-order valence-electron chi connectivity index (χ4n) is 1.24. The topological polar surface area (TPSA) is 15.8 Å². The van der Waals surface area contributed by atoms with Crippen molar-refractivity contribution >= 4 is 10.9 Å². The lowest BCUT2D eigenvalue weighted by Crippen LogP contribution is -1.71. The van der Waals surface area contributed by atoms with Gasteiger partial charge in [-0.25, -0.2) is 0 Å². The summed E-state index contributed by atoms with van der Waals surface area (Å²) in [6, 6.07) is 8.37. The van der Waals surface area contributed by atoms with E-state index in [0.717, 1.165) is 0 Å². The summed E-state index contributed by atoms with van der Waals surface area (Å²) in [5.74, 6) is 0. The van der Waals surface area contributed by atoms with Crippen LogP contribution in [0.3, 0.4) is 0 Å². The largest absolute Gasteiger partial charge is 0.361 e. The van der Waals surface area contributed by atoms with Gasteiger partial charge in [0.05, 0.1) is 0 Å². The van der Waals surface area contributed by atoms with Gasteiger partial charge < -0.3 is 4.98 Å². The molecule has 1 heteroatoms. The molecule has 0 radical (unpaired) electrons. The second-order valence-electron chi connectivity index (χ2n) is 2.51. The van der Waals surface area contributed by atoms with Gasteiger partial charge in [-0.2, -0.15) is 0 Å². The highest BCUT2D eigenvalue weighted by Gasteiger charge is 1.93. The Morgan fingerprint density at radius 1 is 1.30 bits per heavy atom. The number of hydrogen-bond donors (Lipinski definition) is 1. The number of benzene rings is 1. The molecule has 1 nitrogen and oxygen atoms in total. The molecule has 0 fully saturated rings. The summed E-state index contributed by atoms with van der Waals surface area (Å²) >= 11 is 0. The standard InChI is InChI=1S/C9H9N.H2/c1-7-3-2-4-9-8(7)5-6-10-9;/h2-6,10H,1H3;1H. The highest BCUT2D eigenvalue weighted by Crippen LogP contribution is 2.15. The third-order valence-corrected chi connectivity index (χ3v) is 1.81. The maximum atomic E-state index is 3.16. The zero-order valence-electron chi connectivity index (χ0n) is 5.89. The van der Waals surface area contributed by atoms with Gasteiger partial charge in [-0.3, -0.25) is 0 Å². The Labute approximate surface area is 61.2 Å². The maximum absolute atomic E-state index is 3.16. The predicted octanol–water partition coefficient (Wildman–Crippen LogP) is 2.72. The molecule has 0 saturated heterocycles. The zero-order chi connectivity index (χ0) is 6.97. The third-order valence-electron chi connectivity index (χ3n) is 1.81. The molecule has 1 aromatic carbocycles. The summed E-state index contributed by atoms with van der Waals surface area (Å²) in [7, 11) is 0. The molecule has 0 saturated carbocycles. The smallest absolute Gasteiger partial charge is 0.0456 e. The molecule has 52 valence electrons. The van der Waals surface area contributed by atoms with Crippen LogP contribution in [0.4, 0.5) is 0 Å². The summed E-state index contributed by atoms with van der Waals surface area (Å²) in [4.78, 5) is 3.16. The van der Waals surface area contributed by atoms with Crippen LogP contribution in [-0.2, 0) is 0 Å². The van der Waals surface area contributed by atoms with Crippen molar-refractivity contribution < 1.29 is 1.43 Å². The third kappa shape index (κ3) is 0.637. The summed E-state index contributed by atoms with van der Waals surface area (Å²) in [5.41, 5.74) is 2.55. The molecule has 0 aliphatic heterocycles. The zero-order valence-corrected chi connectivity index (χ0v) is 5.89. The summed E-state index contributed by atoms with van der Waals surface area (Å²) in [6.45, 7) is 2.12. The molecule has 0 atom stereocenters. The Hall–Kier alpha value is -1.24. The molecular formula is C9H11N. The Kier molecular flexibility index (Phi) is 1.04. The lowest BCUT2D eigenvalue weighted by Gasteiger charge is -1.92. The molecule has 0 amide bonds. The van der Waals surface area contributed by atoms with E-state index in [0.29, 0.717) is 0 Å². The summed E-state index contributed by atoms with van der Waals surface area (Å²) in [5, 5.41) is 1.32. The van der Waals surface area contributed by atoms with Crippen LogP contribution in [0.5, 0.6) is 0 Å². The fourth-order valence-corrected chi connectivity index (χ4v) is 1.24. The van der Waals surface area contributed by atoms with E-state index in [2.05, 4.69) is 36.2 Å². The van der Waals surface area contributed by atoms with Crippen LogP contribution in [0.25, 0.3) is 10.9 Å². The minimum Gasteiger partial charge on any atom is -0.361 e. The van der Waals surface area contributed by atoms with Crippen molar-refractivity contribution in [2.24, 2.45) is 0 Å². The van der Waals surface area contributed by atoms with Crippen molar-refractivity contribution in [1.29, 1.82) is 0 Å². The molecule has 0 bridgehead atoms. The normalized spacial score (nSPS) is 10.5. The molecule has 1 aromatic heterocycles. The lowest BCUT2D eigenvalue weighted by molar-refractivity contribution is 1.47. The van der Waals surface area contributed by atoms with Crippen LogP contribution in [-0.4, -0.2) is 4.98 Å². The number of nitrogens with one attached hydrogen (secondary N) is 1. The van der Waals surface area contributed by atoms with Gasteiger partial charge >= 0.3 is 0 Å². The average molecular weight is 133 g/mol. The van der Waals surface area contributed by atoms with E-state index in [-0.39, 0.29) is 1.43 Å². The lowest BCUT2D eigenvalue weighted by atomic mass is 10.1. The Morgan fingerprint density at radius 3 is 3.00 bits per heavy atom. The van der Waals surface area contributed by atoms with E-state index in [1.807, 2.05) is 6.20 Å². The SMILES string of the molecule is Cc1cccc2[nH]ccc12.[HH]. The number of aryl methyl sites for hydroxylation is 1. The first-order chi connectivity index (χ1) is 4.88. The number of hydrogen-bond acceptors (Lipinski definition) is 0. The van der Waals surface area contributed by atoms with Gasteiger partial charge in [0.1, 0.15) is 0 Å². The van der Waals surface area contributed by atoms with E-state index >= 15 is 0 Å². The van der Waals surface area contributed by atoms with Gasteiger partial charge in [0.2, 0.25) is 0 Å². The van der Waals surface area contributed by atoms with Crippen molar-refractivity contribution in [2.45, 2.75) is 6.92 Å². The van der Waals surface area contributed by atoms with Crippen LogP contribution >= 0.6 is 0 Å². The van der Waals surface area contributed by atoms with E-state index in [1.165, 1.54) is 16.5 Å². The summed E-state index contributed by atoms with van der Waals surface area (Å²) < 4.78 is 0. The van der Waals surface area contributed by atoms with E-state index in [9.17, 15) is 0 Å². The van der Waals surface area contributed by atoms with Crippen LogP contribution in [0.15, 0.2) is 30.5 Å². The van der Waals surface area contributed by atoms with Crippen molar-refractivity contribution in [1.82, 2.24) is 4.98 Å². The van der Waals surface area contributed by atoms with Gasteiger partial charge in [0.15, 0.2) is 0 Å². The van der Waals surface area contributed by atoms with Gasteiger partial charge in [-0.05, 0) is 24.6 Å². The van der Waals surface area contributed by atoms with E-state index in [4.69, 9.17) is 0 Å². The first-order valence-corrected chi connectivity index (χ1v) is 3.40. The van der Waals surface area contributed by atoms with E-state index < -0.39 is 0 Å². The Bertz CT molecular complexity index is 351. The number of rotatable bonds is 0. The molecule has 0 aliphatic rings.